The highest BCUT2D eigenvalue weighted by Gasteiger charge is 2.48. The highest BCUT2D eigenvalue weighted by atomic mass is 19.3. The highest BCUT2D eigenvalue weighted by Crippen LogP contribution is 2.36. The third kappa shape index (κ3) is 6.55. The first-order chi connectivity index (χ1) is 19.6. The second-order valence-electron chi connectivity index (χ2n) is 10.6. The molecule has 2 bridgehead atoms. The smallest absolute Gasteiger partial charge is 0.413 e. The number of urea groups is 1. The van der Waals surface area contributed by atoms with Crippen molar-refractivity contribution in [2.75, 3.05) is 49.3 Å². The number of aromatic nitrogens is 4. The standard InChI is InChI=1S/C26H35F2N9O4/c1-4-40-22-14-30-21(13-31-22)33-24(38)36(3)19-15-37(10-8-26(19,27)28)23-29-9-7-20(32-23)34-25(39)41-18-11-16-5-6-17(12-18)35(16)2/h7,9,13-14,16-19H,4-6,8,10-12,15H2,1-3H3,(H,30,33,38)(H,29,32,34,39)/t16-,17+,18?,19-/m0/s1. The summed E-state index contributed by atoms with van der Waals surface area (Å²) in [5.74, 6) is -2.41. The fourth-order valence-electron chi connectivity index (χ4n) is 5.73. The van der Waals surface area contributed by atoms with Gasteiger partial charge in [0.25, 0.3) is 5.92 Å². The van der Waals surface area contributed by atoms with E-state index in [4.69, 9.17) is 9.47 Å². The molecule has 41 heavy (non-hydrogen) atoms. The predicted molar refractivity (Wildman–Crippen MR) is 145 cm³/mol. The minimum atomic E-state index is -3.15. The molecule has 2 aromatic heterocycles. The number of ether oxygens (including phenoxy) is 2. The van der Waals surface area contributed by atoms with E-state index in [1.165, 1.54) is 31.7 Å². The van der Waals surface area contributed by atoms with Gasteiger partial charge < -0.3 is 24.2 Å². The van der Waals surface area contributed by atoms with Crippen molar-refractivity contribution in [1.29, 1.82) is 0 Å². The van der Waals surface area contributed by atoms with E-state index in [9.17, 15) is 18.4 Å². The third-order valence-corrected chi connectivity index (χ3v) is 8.02. The van der Waals surface area contributed by atoms with Gasteiger partial charge in [0.15, 0.2) is 5.82 Å². The van der Waals surface area contributed by atoms with E-state index >= 15 is 0 Å². The average Bonchev–Trinajstić information content (AvgIpc) is 3.13. The first-order valence-electron chi connectivity index (χ1n) is 13.8. The van der Waals surface area contributed by atoms with Gasteiger partial charge in [0.2, 0.25) is 11.8 Å². The number of amides is 3. The Morgan fingerprint density at radius 3 is 2.56 bits per heavy atom. The summed E-state index contributed by atoms with van der Waals surface area (Å²) in [5, 5.41) is 5.13. The summed E-state index contributed by atoms with van der Waals surface area (Å²) in [6, 6.07) is 0.123. The van der Waals surface area contributed by atoms with Crippen LogP contribution >= 0.6 is 0 Å². The van der Waals surface area contributed by atoms with Crippen LogP contribution < -0.4 is 20.3 Å². The van der Waals surface area contributed by atoms with Gasteiger partial charge in [0.1, 0.15) is 18.0 Å². The molecule has 5 rings (SSSR count). The Bertz CT molecular complexity index is 1220. The summed E-state index contributed by atoms with van der Waals surface area (Å²) in [5.41, 5.74) is 0. The van der Waals surface area contributed by atoms with Gasteiger partial charge in [0.05, 0.1) is 19.0 Å². The van der Waals surface area contributed by atoms with Gasteiger partial charge >= 0.3 is 12.1 Å². The SMILES string of the molecule is CCOc1cnc(NC(=O)N(C)[C@H]2CN(c3nccc(NC(=O)OC4C[C@H]5CC[C@@H](C4)N5C)n3)CCC2(F)F)cn1. The van der Waals surface area contributed by atoms with Gasteiger partial charge in [-0.2, -0.15) is 4.98 Å². The number of carbonyl (C=O) groups is 2. The zero-order chi connectivity index (χ0) is 29.1. The summed E-state index contributed by atoms with van der Waals surface area (Å²) in [6.07, 6.45) is 6.59. The average molecular weight is 576 g/mol. The fourth-order valence-corrected chi connectivity index (χ4v) is 5.73. The number of rotatable bonds is 7. The minimum Gasteiger partial charge on any atom is -0.477 e. The van der Waals surface area contributed by atoms with E-state index in [-0.39, 0.29) is 42.7 Å². The van der Waals surface area contributed by atoms with E-state index in [0.717, 1.165) is 30.6 Å². The molecule has 3 saturated heterocycles. The van der Waals surface area contributed by atoms with Crippen LogP contribution in [-0.2, 0) is 4.74 Å². The van der Waals surface area contributed by atoms with E-state index < -0.39 is 30.5 Å². The van der Waals surface area contributed by atoms with Crippen LogP contribution in [0.3, 0.4) is 0 Å². The number of hydrogen-bond donors (Lipinski definition) is 2. The van der Waals surface area contributed by atoms with Crippen LogP contribution in [0.2, 0.25) is 0 Å². The molecule has 3 aliphatic heterocycles. The van der Waals surface area contributed by atoms with Crippen LogP contribution in [0.4, 0.5) is 36.0 Å². The normalized spacial score (nSPS) is 25.3. The summed E-state index contributed by atoms with van der Waals surface area (Å²) in [6.45, 7) is 1.95. The molecule has 0 radical (unpaired) electrons. The van der Waals surface area contributed by atoms with Gasteiger partial charge in [-0.1, -0.05) is 0 Å². The highest BCUT2D eigenvalue weighted by molar-refractivity contribution is 5.88. The molecule has 15 heteroatoms. The molecular formula is C26H35F2N9O4. The Kier molecular flexibility index (Phi) is 8.33. The quantitative estimate of drug-likeness (QED) is 0.506. The van der Waals surface area contributed by atoms with Crippen molar-refractivity contribution in [1.82, 2.24) is 29.7 Å². The molecule has 1 unspecified atom stereocenters. The van der Waals surface area contributed by atoms with Crippen molar-refractivity contribution in [2.24, 2.45) is 0 Å². The minimum absolute atomic E-state index is 0.0321. The molecule has 4 atom stereocenters. The maximum atomic E-state index is 15.0. The number of fused-ring (bicyclic) bond motifs is 2. The topological polar surface area (TPSA) is 138 Å². The van der Waals surface area contributed by atoms with Crippen molar-refractivity contribution in [3.63, 3.8) is 0 Å². The lowest BCUT2D eigenvalue weighted by Crippen LogP contribution is -2.60. The first kappa shape index (κ1) is 28.6. The van der Waals surface area contributed by atoms with Gasteiger partial charge in [-0.05, 0) is 32.9 Å². The van der Waals surface area contributed by atoms with Crippen LogP contribution in [0, 0.1) is 0 Å². The number of hydrogen-bond acceptors (Lipinski definition) is 10. The van der Waals surface area contributed by atoms with E-state index in [1.807, 2.05) is 0 Å². The summed E-state index contributed by atoms with van der Waals surface area (Å²) in [7, 11) is 3.41. The Balaban J connectivity index is 1.19. The summed E-state index contributed by atoms with van der Waals surface area (Å²) in [4.78, 5) is 46.9. The first-order valence-corrected chi connectivity index (χ1v) is 13.8. The lowest BCUT2D eigenvalue weighted by molar-refractivity contribution is -0.0760. The van der Waals surface area contributed by atoms with Gasteiger partial charge in [-0.3, -0.25) is 10.6 Å². The molecule has 3 amide bonds. The van der Waals surface area contributed by atoms with E-state index in [2.05, 4.69) is 42.5 Å². The van der Waals surface area contributed by atoms with Gasteiger partial charge in [0, 0.05) is 57.7 Å². The zero-order valence-corrected chi connectivity index (χ0v) is 23.3. The Morgan fingerprint density at radius 1 is 1.12 bits per heavy atom. The molecule has 3 aliphatic rings. The number of alkyl halides is 2. The lowest BCUT2D eigenvalue weighted by Gasteiger charge is -2.42. The van der Waals surface area contributed by atoms with Crippen molar-refractivity contribution in [2.45, 2.75) is 69.2 Å². The largest absolute Gasteiger partial charge is 0.477 e. The molecule has 2 aromatic rings. The van der Waals surface area contributed by atoms with Crippen LogP contribution in [-0.4, -0.2) is 106 Å². The van der Waals surface area contributed by atoms with Crippen LogP contribution in [0.25, 0.3) is 0 Å². The maximum Gasteiger partial charge on any atom is 0.413 e. The molecule has 0 saturated carbocycles. The number of carbonyl (C=O) groups excluding carboxylic acids is 2. The van der Waals surface area contributed by atoms with Crippen molar-refractivity contribution in [3.05, 3.63) is 24.7 Å². The zero-order valence-electron chi connectivity index (χ0n) is 23.3. The molecule has 0 aromatic carbocycles. The van der Waals surface area contributed by atoms with Gasteiger partial charge in [-0.15, -0.1) is 0 Å². The summed E-state index contributed by atoms with van der Waals surface area (Å²) >= 11 is 0. The van der Waals surface area contributed by atoms with E-state index in [0.29, 0.717) is 18.7 Å². The molecular weight excluding hydrogens is 540 g/mol. The monoisotopic (exact) mass is 575 g/mol. The number of piperidine rings is 2. The molecule has 2 N–H and O–H groups in total. The Morgan fingerprint density at radius 2 is 1.88 bits per heavy atom. The number of anilines is 3. The summed E-state index contributed by atoms with van der Waals surface area (Å²) < 4.78 is 40.9. The predicted octanol–water partition coefficient (Wildman–Crippen LogP) is 3.22. The van der Waals surface area contributed by atoms with Crippen LogP contribution in [0.1, 0.15) is 39.0 Å². The maximum absolute atomic E-state index is 15.0. The van der Waals surface area contributed by atoms with Crippen molar-refractivity contribution < 1.29 is 27.8 Å². The fraction of sp³-hybridized carbons (Fsp3) is 0.615. The second kappa shape index (κ2) is 11.9. The van der Waals surface area contributed by atoms with Gasteiger partial charge in [-0.25, -0.2) is 33.3 Å². The van der Waals surface area contributed by atoms with E-state index in [1.54, 1.807) is 11.8 Å². The third-order valence-electron chi connectivity index (χ3n) is 8.02. The van der Waals surface area contributed by atoms with Crippen molar-refractivity contribution >= 4 is 29.7 Å². The number of nitrogens with zero attached hydrogens (tertiary/aromatic N) is 7. The molecule has 0 aliphatic carbocycles. The van der Waals surface area contributed by atoms with Crippen LogP contribution in [0.5, 0.6) is 5.88 Å². The van der Waals surface area contributed by atoms with Crippen LogP contribution in [0.15, 0.2) is 24.7 Å². The second-order valence-corrected chi connectivity index (χ2v) is 10.6. The number of halogens is 2. The molecule has 3 fully saturated rings. The lowest BCUT2D eigenvalue weighted by atomic mass is 10.00. The molecule has 5 heterocycles. The Hall–Kier alpha value is -3.88. The molecule has 0 spiro atoms. The van der Waals surface area contributed by atoms with Crippen molar-refractivity contribution in [3.8, 4) is 5.88 Å². The number of likely N-dealkylation sites (N-methyl/N-ethyl adjacent to an activating group) is 1. The number of nitrogens with one attached hydrogen (secondary N) is 2. The molecule has 13 nitrogen and oxygen atoms in total. The Labute approximate surface area is 236 Å². The molecule has 222 valence electrons.